The Hall–Kier alpha value is -5.20. The van der Waals surface area contributed by atoms with Gasteiger partial charge in [0, 0.05) is 53.8 Å². The molecule has 0 spiro atoms. The molecule has 6 rings (SSSR count). The molecule has 0 atom stereocenters. The fourth-order valence-corrected chi connectivity index (χ4v) is 4.48. The number of carbonyl (C=O) groups excluding carboxylic acids is 1. The zero-order valence-corrected chi connectivity index (χ0v) is 22.6. The molecule has 2 aromatic carbocycles. The number of imidazole rings is 2. The van der Waals surface area contributed by atoms with E-state index in [1.54, 1.807) is 42.1 Å². The fourth-order valence-electron chi connectivity index (χ4n) is 4.48. The van der Waals surface area contributed by atoms with Crippen molar-refractivity contribution in [3.8, 4) is 11.5 Å². The van der Waals surface area contributed by atoms with Gasteiger partial charge in [-0.1, -0.05) is 6.07 Å². The van der Waals surface area contributed by atoms with Gasteiger partial charge in [0.05, 0.1) is 11.3 Å². The van der Waals surface area contributed by atoms with Crippen molar-refractivity contribution < 1.29 is 18.0 Å². The number of aryl methyl sites for hydroxylation is 2. The first-order valence-electron chi connectivity index (χ1n) is 13.2. The smallest absolute Gasteiger partial charge is 0.367 e. The first-order valence-corrected chi connectivity index (χ1v) is 13.2. The van der Waals surface area contributed by atoms with E-state index in [-0.39, 0.29) is 11.3 Å². The summed E-state index contributed by atoms with van der Waals surface area (Å²) in [4.78, 5) is 30.1. The average Bonchev–Trinajstić information content (AvgIpc) is 3.47. The van der Waals surface area contributed by atoms with Gasteiger partial charge in [-0.25, -0.2) is 19.9 Å². The Morgan fingerprint density at radius 3 is 2.45 bits per heavy atom. The van der Waals surface area contributed by atoms with Crippen LogP contribution < -0.4 is 16.0 Å². The Kier molecular flexibility index (Phi) is 6.85. The first-order chi connectivity index (χ1) is 20.2. The van der Waals surface area contributed by atoms with Crippen molar-refractivity contribution in [2.24, 2.45) is 0 Å². The molecule has 1 fully saturated rings. The van der Waals surface area contributed by atoms with Gasteiger partial charge in [0.1, 0.15) is 23.8 Å². The van der Waals surface area contributed by atoms with Crippen molar-refractivity contribution in [2.45, 2.75) is 38.9 Å². The Morgan fingerprint density at radius 1 is 0.929 bits per heavy atom. The van der Waals surface area contributed by atoms with E-state index in [9.17, 15) is 18.0 Å². The zero-order chi connectivity index (χ0) is 29.4. The Balaban J connectivity index is 1.23. The van der Waals surface area contributed by atoms with Crippen LogP contribution in [0.1, 0.15) is 40.2 Å². The summed E-state index contributed by atoms with van der Waals surface area (Å²) in [6, 6.07) is 10.9. The summed E-state index contributed by atoms with van der Waals surface area (Å²) in [6.45, 7) is 3.49. The number of amides is 1. The molecule has 5 aromatic rings. The number of alkyl halides is 3. The highest BCUT2D eigenvalue weighted by atomic mass is 19.4. The topological polar surface area (TPSA) is 115 Å². The molecular weight excluding hydrogens is 547 g/mol. The highest BCUT2D eigenvalue weighted by Gasteiger charge is 2.35. The van der Waals surface area contributed by atoms with Gasteiger partial charge in [-0.3, -0.25) is 9.36 Å². The van der Waals surface area contributed by atoms with Crippen LogP contribution in [-0.4, -0.2) is 41.0 Å². The van der Waals surface area contributed by atoms with E-state index < -0.39 is 17.6 Å². The molecule has 1 aliphatic rings. The van der Waals surface area contributed by atoms with E-state index in [0.717, 1.165) is 30.3 Å². The van der Waals surface area contributed by atoms with Crippen molar-refractivity contribution in [3.05, 3.63) is 96.1 Å². The number of halogens is 3. The number of carbonyl (C=O) groups is 1. The second-order valence-corrected chi connectivity index (χ2v) is 9.98. The molecule has 13 heteroatoms. The molecule has 0 radical (unpaired) electrons. The van der Waals surface area contributed by atoms with E-state index >= 15 is 0 Å². The number of hydrogen-bond donors (Lipinski definition) is 3. The molecule has 0 unspecified atom stereocenters. The predicted molar refractivity (Wildman–Crippen MR) is 152 cm³/mol. The molecule has 1 amide bonds. The van der Waals surface area contributed by atoms with Crippen LogP contribution in [0.2, 0.25) is 0 Å². The molecule has 0 bridgehead atoms. The van der Waals surface area contributed by atoms with Crippen LogP contribution in [0.4, 0.5) is 36.3 Å². The predicted octanol–water partition coefficient (Wildman–Crippen LogP) is 6.05. The van der Waals surface area contributed by atoms with Gasteiger partial charge in [0.2, 0.25) is 5.95 Å². The van der Waals surface area contributed by atoms with Gasteiger partial charge in [-0.2, -0.15) is 13.2 Å². The second-order valence-electron chi connectivity index (χ2n) is 9.98. The van der Waals surface area contributed by atoms with Gasteiger partial charge in [0.25, 0.3) is 5.91 Å². The SMILES string of the molecule is Cc1ccc(NC(=O)c2ccc(-n3ccnc3C)c(C(F)(F)F)c2)cc1Nc1nccn1-c1cc(NC2CC2)ncn1. The van der Waals surface area contributed by atoms with Crippen LogP contribution in [0.3, 0.4) is 0 Å². The molecule has 42 heavy (non-hydrogen) atoms. The van der Waals surface area contributed by atoms with Crippen LogP contribution in [0.25, 0.3) is 11.5 Å². The maximum absolute atomic E-state index is 14.0. The molecular formula is C29H26F3N9O. The van der Waals surface area contributed by atoms with E-state index in [1.807, 2.05) is 13.0 Å². The number of anilines is 4. The molecule has 3 heterocycles. The van der Waals surface area contributed by atoms with Crippen molar-refractivity contribution >= 4 is 29.0 Å². The lowest BCUT2D eigenvalue weighted by molar-refractivity contribution is -0.137. The van der Waals surface area contributed by atoms with Crippen LogP contribution in [-0.2, 0) is 6.18 Å². The lowest BCUT2D eigenvalue weighted by atomic mass is 10.1. The highest BCUT2D eigenvalue weighted by molar-refractivity contribution is 6.04. The van der Waals surface area contributed by atoms with E-state index in [4.69, 9.17) is 0 Å². The minimum atomic E-state index is -4.68. The van der Waals surface area contributed by atoms with Crippen molar-refractivity contribution in [2.75, 3.05) is 16.0 Å². The summed E-state index contributed by atoms with van der Waals surface area (Å²) in [5.41, 5.74) is 0.731. The van der Waals surface area contributed by atoms with Gasteiger partial charge in [-0.05, 0) is 62.6 Å². The van der Waals surface area contributed by atoms with Crippen LogP contribution >= 0.6 is 0 Å². The molecule has 0 saturated heterocycles. The number of benzene rings is 2. The molecule has 1 saturated carbocycles. The van der Waals surface area contributed by atoms with E-state index in [0.29, 0.717) is 35.0 Å². The largest absolute Gasteiger partial charge is 0.418 e. The van der Waals surface area contributed by atoms with Crippen molar-refractivity contribution in [1.82, 2.24) is 29.1 Å². The average molecular weight is 574 g/mol. The van der Waals surface area contributed by atoms with Crippen LogP contribution in [0.15, 0.2) is 73.6 Å². The highest BCUT2D eigenvalue weighted by Crippen LogP contribution is 2.35. The number of nitrogens with zero attached hydrogens (tertiary/aromatic N) is 6. The summed E-state index contributed by atoms with van der Waals surface area (Å²) in [5.74, 6) is 1.54. The molecule has 214 valence electrons. The minimum absolute atomic E-state index is 0.106. The number of nitrogens with one attached hydrogen (secondary N) is 3. The Bertz CT molecular complexity index is 1770. The van der Waals surface area contributed by atoms with E-state index in [2.05, 4.69) is 35.9 Å². The molecule has 3 N–H and O–H groups in total. The van der Waals surface area contributed by atoms with Gasteiger partial charge < -0.3 is 20.5 Å². The van der Waals surface area contributed by atoms with Gasteiger partial charge in [-0.15, -0.1) is 0 Å². The zero-order valence-electron chi connectivity index (χ0n) is 22.6. The number of rotatable bonds is 8. The first kappa shape index (κ1) is 27.0. The third kappa shape index (κ3) is 5.66. The lowest BCUT2D eigenvalue weighted by Gasteiger charge is -2.16. The maximum Gasteiger partial charge on any atom is 0.418 e. The second kappa shape index (κ2) is 10.7. The maximum atomic E-state index is 14.0. The number of aromatic nitrogens is 6. The van der Waals surface area contributed by atoms with Gasteiger partial charge in [0.15, 0.2) is 0 Å². The third-order valence-corrected chi connectivity index (χ3v) is 6.86. The lowest BCUT2D eigenvalue weighted by Crippen LogP contribution is -2.16. The Labute approximate surface area is 238 Å². The van der Waals surface area contributed by atoms with E-state index in [1.165, 1.54) is 35.4 Å². The molecule has 0 aliphatic heterocycles. The van der Waals surface area contributed by atoms with Gasteiger partial charge >= 0.3 is 6.18 Å². The molecule has 10 nitrogen and oxygen atoms in total. The summed E-state index contributed by atoms with van der Waals surface area (Å²) in [6.07, 6.45) is 5.30. The van der Waals surface area contributed by atoms with Crippen molar-refractivity contribution in [3.63, 3.8) is 0 Å². The summed E-state index contributed by atoms with van der Waals surface area (Å²) in [5, 5.41) is 9.32. The monoisotopic (exact) mass is 573 g/mol. The summed E-state index contributed by atoms with van der Waals surface area (Å²) in [7, 11) is 0. The quantitative estimate of drug-likeness (QED) is 0.207. The van der Waals surface area contributed by atoms with Crippen LogP contribution in [0, 0.1) is 13.8 Å². The van der Waals surface area contributed by atoms with Crippen molar-refractivity contribution in [1.29, 1.82) is 0 Å². The fraction of sp³-hybridized carbons (Fsp3) is 0.207. The normalized spacial score (nSPS) is 13.2. The third-order valence-electron chi connectivity index (χ3n) is 6.86. The summed E-state index contributed by atoms with van der Waals surface area (Å²) < 4.78 is 45.0. The molecule has 3 aromatic heterocycles. The Morgan fingerprint density at radius 2 is 1.71 bits per heavy atom. The minimum Gasteiger partial charge on any atom is -0.367 e. The van der Waals surface area contributed by atoms with Crippen LogP contribution in [0.5, 0.6) is 0 Å². The molecule has 1 aliphatic carbocycles. The summed E-state index contributed by atoms with van der Waals surface area (Å²) >= 11 is 0. The standard InChI is InChI=1S/C29H26F3N9O/c1-17-3-5-21(38-27(42)19-4-8-24(22(13-19)29(30,31)32)40-11-9-33-18(40)2)14-23(17)39-28-34-10-12-41(28)26-15-25(35-16-36-26)37-20-6-7-20/h3-5,8-16,20H,6-7H2,1-2H3,(H,34,39)(H,38,42)(H,35,36,37). The number of hydrogen-bond acceptors (Lipinski definition) is 7.